The molecule has 7 nitrogen and oxygen atoms in total. The fraction of sp³-hybridized carbons (Fsp3) is 0.485. The van der Waals surface area contributed by atoms with E-state index in [0.717, 1.165) is 66.5 Å². The van der Waals surface area contributed by atoms with E-state index in [1.54, 1.807) is 0 Å². The third kappa shape index (κ3) is 7.11. The number of anilines is 1. The Labute approximate surface area is 259 Å². The SMILES string of the molecule is CC(C)(c1ccc(OCc2ccnc(N3CCC(C4CCNCC4)CC3)n2)cc1)c1cc(Cl)c(OCCCl)c(C#N)c1. The first-order valence-electron chi connectivity index (χ1n) is 14.8. The lowest BCUT2D eigenvalue weighted by Gasteiger charge is -2.37. The summed E-state index contributed by atoms with van der Waals surface area (Å²) in [5.74, 6) is 3.93. The minimum atomic E-state index is -0.401. The number of ether oxygens (including phenoxy) is 2. The van der Waals surface area contributed by atoms with E-state index >= 15 is 0 Å². The van der Waals surface area contributed by atoms with Crippen LogP contribution in [-0.2, 0) is 12.0 Å². The Morgan fingerprint density at radius 3 is 2.40 bits per heavy atom. The van der Waals surface area contributed by atoms with Crippen LogP contribution in [0.2, 0.25) is 5.02 Å². The summed E-state index contributed by atoms with van der Waals surface area (Å²) in [7, 11) is 0. The van der Waals surface area contributed by atoms with Crippen LogP contribution in [-0.4, -0.2) is 48.6 Å². The first kappa shape index (κ1) is 30.4. The molecule has 9 heteroatoms. The van der Waals surface area contributed by atoms with Crippen molar-refractivity contribution in [1.29, 1.82) is 5.26 Å². The largest absolute Gasteiger partial charge is 0.489 e. The molecule has 0 bridgehead atoms. The zero-order chi connectivity index (χ0) is 29.5. The molecule has 0 radical (unpaired) electrons. The van der Waals surface area contributed by atoms with Gasteiger partial charge in [0.1, 0.15) is 25.0 Å². The molecule has 222 valence electrons. The standard InChI is InChI=1S/C33H39Cl2N5O2/c1-33(2,27-19-25(21-36)31(30(35)20-27)41-18-12-34)26-3-5-29(6-4-26)42-22-28-9-15-38-32(39-28)40-16-10-24(11-17-40)23-7-13-37-14-8-23/h3-6,9,15,19-20,23-24,37H,7-8,10-14,16-18,22H2,1-2H3. The Bertz CT molecular complexity index is 1380. The number of nitriles is 1. The van der Waals surface area contributed by atoms with Crippen molar-refractivity contribution < 1.29 is 9.47 Å². The molecule has 0 unspecified atom stereocenters. The second-order valence-electron chi connectivity index (χ2n) is 11.7. The minimum absolute atomic E-state index is 0.286. The normalized spacial score (nSPS) is 16.7. The maximum Gasteiger partial charge on any atom is 0.225 e. The number of halogens is 2. The Morgan fingerprint density at radius 1 is 1.00 bits per heavy atom. The highest BCUT2D eigenvalue weighted by Gasteiger charge is 2.29. The summed E-state index contributed by atoms with van der Waals surface area (Å²) in [5.41, 5.74) is 2.85. The Balaban J connectivity index is 1.19. The highest BCUT2D eigenvalue weighted by atomic mass is 35.5. The smallest absolute Gasteiger partial charge is 0.225 e. The summed E-state index contributed by atoms with van der Waals surface area (Å²) >= 11 is 12.3. The molecule has 3 aromatic rings. The number of alkyl halides is 1. The molecule has 42 heavy (non-hydrogen) atoms. The lowest BCUT2D eigenvalue weighted by atomic mass is 9.77. The zero-order valence-corrected chi connectivity index (χ0v) is 25.9. The van der Waals surface area contributed by atoms with Crippen LogP contribution < -0.4 is 19.7 Å². The van der Waals surface area contributed by atoms with E-state index in [-0.39, 0.29) is 6.61 Å². The van der Waals surface area contributed by atoms with Gasteiger partial charge in [-0.05, 0) is 92.1 Å². The van der Waals surface area contributed by atoms with Crippen molar-refractivity contribution in [1.82, 2.24) is 15.3 Å². The Hall–Kier alpha value is -3.05. The maximum absolute atomic E-state index is 9.69. The van der Waals surface area contributed by atoms with Gasteiger partial charge in [-0.1, -0.05) is 37.6 Å². The van der Waals surface area contributed by atoms with Gasteiger partial charge in [0.15, 0.2) is 5.75 Å². The molecule has 2 aromatic carbocycles. The molecule has 0 amide bonds. The number of rotatable bonds is 10. The summed E-state index contributed by atoms with van der Waals surface area (Å²) in [6, 6.07) is 15.8. The van der Waals surface area contributed by atoms with Gasteiger partial charge in [-0.3, -0.25) is 0 Å². The zero-order valence-electron chi connectivity index (χ0n) is 24.4. The number of nitrogens with one attached hydrogen (secondary N) is 1. The number of hydrogen-bond donors (Lipinski definition) is 1. The molecule has 1 aromatic heterocycles. The molecule has 3 heterocycles. The van der Waals surface area contributed by atoms with Crippen molar-refractivity contribution in [2.45, 2.75) is 51.6 Å². The predicted molar refractivity (Wildman–Crippen MR) is 168 cm³/mol. The third-order valence-corrected chi connectivity index (χ3v) is 9.18. The van der Waals surface area contributed by atoms with Gasteiger partial charge in [0.2, 0.25) is 5.95 Å². The topological polar surface area (TPSA) is 83.3 Å². The molecule has 0 aliphatic carbocycles. The monoisotopic (exact) mass is 607 g/mol. The van der Waals surface area contributed by atoms with E-state index in [4.69, 9.17) is 37.7 Å². The van der Waals surface area contributed by atoms with Crippen LogP contribution in [0.4, 0.5) is 5.95 Å². The van der Waals surface area contributed by atoms with Gasteiger partial charge in [0, 0.05) is 24.7 Å². The van der Waals surface area contributed by atoms with Crippen molar-refractivity contribution in [2.24, 2.45) is 11.8 Å². The second-order valence-corrected chi connectivity index (χ2v) is 12.5. The van der Waals surface area contributed by atoms with Gasteiger partial charge < -0.3 is 19.7 Å². The fourth-order valence-electron chi connectivity index (χ4n) is 6.12. The van der Waals surface area contributed by atoms with Gasteiger partial charge in [0.05, 0.1) is 22.2 Å². The maximum atomic E-state index is 9.69. The predicted octanol–water partition coefficient (Wildman–Crippen LogP) is 6.74. The quantitative estimate of drug-likeness (QED) is 0.255. The number of hydrogen-bond acceptors (Lipinski definition) is 7. The van der Waals surface area contributed by atoms with Gasteiger partial charge in [-0.25, -0.2) is 9.97 Å². The molecule has 2 aliphatic rings. The summed E-state index contributed by atoms with van der Waals surface area (Å²) in [6.45, 7) is 9.21. The number of aromatic nitrogens is 2. The summed E-state index contributed by atoms with van der Waals surface area (Å²) in [6.07, 6.45) is 6.88. The van der Waals surface area contributed by atoms with Gasteiger partial charge in [-0.2, -0.15) is 5.26 Å². The van der Waals surface area contributed by atoms with Crippen LogP contribution in [0.15, 0.2) is 48.7 Å². The molecule has 0 saturated carbocycles. The summed E-state index contributed by atoms with van der Waals surface area (Å²) < 4.78 is 11.7. The molecule has 1 N–H and O–H groups in total. The van der Waals surface area contributed by atoms with E-state index in [0.29, 0.717) is 28.8 Å². The highest BCUT2D eigenvalue weighted by molar-refractivity contribution is 6.32. The van der Waals surface area contributed by atoms with E-state index < -0.39 is 5.41 Å². The van der Waals surface area contributed by atoms with Crippen molar-refractivity contribution >= 4 is 29.2 Å². The lowest BCUT2D eigenvalue weighted by Crippen LogP contribution is -2.40. The van der Waals surface area contributed by atoms with Gasteiger partial charge >= 0.3 is 0 Å². The second kappa shape index (κ2) is 13.9. The third-order valence-electron chi connectivity index (χ3n) is 8.75. The highest BCUT2D eigenvalue weighted by Crippen LogP contribution is 2.39. The van der Waals surface area contributed by atoms with Crippen LogP contribution >= 0.6 is 23.2 Å². The van der Waals surface area contributed by atoms with Crippen molar-refractivity contribution in [3.63, 3.8) is 0 Å². The average Bonchev–Trinajstić information content (AvgIpc) is 3.03. The van der Waals surface area contributed by atoms with Crippen LogP contribution in [0.3, 0.4) is 0 Å². The number of piperidine rings is 2. The van der Waals surface area contributed by atoms with Crippen LogP contribution in [0.1, 0.15) is 61.9 Å². The first-order chi connectivity index (χ1) is 20.4. The van der Waals surface area contributed by atoms with E-state index in [9.17, 15) is 5.26 Å². The number of benzene rings is 2. The van der Waals surface area contributed by atoms with Crippen molar-refractivity contribution in [3.8, 4) is 17.6 Å². The molecule has 0 spiro atoms. The van der Waals surface area contributed by atoms with Crippen molar-refractivity contribution in [2.75, 3.05) is 43.6 Å². The Morgan fingerprint density at radius 2 is 1.71 bits per heavy atom. The fourth-order valence-corrected chi connectivity index (χ4v) is 6.47. The molecule has 2 saturated heterocycles. The molecule has 5 rings (SSSR count). The average molecular weight is 609 g/mol. The molecule has 2 fully saturated rings. The van der Waals surface area contributed by atoms with Crippen molar-refractivity contribution in [3.05, 3.63) is 76.1 Å². The van der Waals surface area contributed by atoms with Crippen LogP contribution in [0, 0.1) is 23.2 Å². The van der Waals surface area contributed by atoms with Gasteiger partial charge in [-0.15, -0.1) is 11.6 Å². The summed E-state index contributed by atoms with van der Waals surface area (Å²) in [5, 5.41) is 13.6. The van der Waals surface area contributed by atoms with E-state index in [2.05, 4.69) is 35.1 Å². The molecule has 0 atom stereocenters. The van der Waals surface area contributed by atoms with E-state index in [1.807, 2.05) is 48.7 Å². The first-order valence-corrected chi connectivity index (χ1v) is 15.7. The van der Waals surface area contributed by atoms with Crippen LogP contribution in [0.5, 0.6) is 11.5 Å². The molecular weight excluding hydrogens is 569 g/mol. The Kier molecular flexibility index (Phi) is 10.1. The van der Waals surface area contributed by atoms with E-state index in [1.165, 1.54) is 25.7 Å². The minimum Gasteiger partial charge on any atom is -0.489 e. The molecule has 2 aliphatic heterocycles. The summed E-state index contributed by atoms with van der Waals surface area (Å²) in [4.78, 5) is 11.7. The lowest BCUT2D eigenvalue weighted by molar-refractivity contribution is 0.221. The molecular formula is C33H39Cl2N5O2. The van der Waals surface area contributed by atoms with Crippen LogP contribution in [0.25, 0.3) is 0 Å². The number of nitrogens with zero attached hydrogens (tertiary/aromatic N) is 4. The van der Waals surface area contributed by atoms with Gasteiger partial charge in [0.25, 0.3) is 0 Å².